The molecule has 0 fully saturated rings. The van der Waals surface area contributed by atoms with Crippen molar-refractivity contribution in [2.75, 3.05) is 0 Å². The van der Waals surface area contributed by atoms with E-state index in [1.54, 1.807) is 22.7 Å². The predicted octanol–water partition coefficient (Wildman–Crippen LogP) is 4.42. The molecular weight excluding hydrogens is 248 g/mol. The lowest BCUT2D eigenvalue weighted by atomic mass is 9.83. The molecule has 3 rings (SSSR count). The second kappa shape index (κ2) is 4.39. The lowest BCUT2D eigenvalue weighted by Crippen LogP contribution is -2.16. The molecule has 0 saturated heterocycles. The van der Waals surface area contributed by atoms with Crippen LogP contribution in [0, 0.1) is 6.92 Å². The summed E-state index contributed by atoms with van der Waals surface area (Å²) in [6, 6.07) is 4.16. The second-order valence-electron chi connectivity index (χ2n) is 4.55. The third-order valence-corrected chi connectivity index (χ3v) is 5.24. The van der Waals surface area contributed by atoms with Gasteiger partial charge in [-0.2, -0.15) is 0 Å². The number of aryl methyl sites for hydroxylation is 2. The third kappa shape index (κ3) is 1.98. The van der Waals surface area contributed by atoms with Crippen LogP contribution in [0.4, 0.5) is 0 Å². The van der Waals surface area contributed by atoms with Gasteiger partial charge in [-0.25, -0.2) is 0 Å². The van der Waals surface area contributed by atoms with Gasteiger partial charge in [-0.05, 0) is 49.3 Å². The van der Waals surface area contributed by atoms with E-state index in [4.69, 9.17) is 0 Å². The quantitative estimate of drug-likeness (QED) is 0.732. The van der Waals surface area contributed by atoms with E-state index in [0.29, 0.717) is 5.78 Å². The number of fused-ring (bicyclic) bond motifs is 1. The number of carbonyl (C=O) groups is 1. The minimum atomic E-state index is 0.110. The molecule has 88 valence electrons. The Morgan fingerprint density at radius 2 is 2.29 bits per heavy atom. The zero-order valence-electron chi connectivity index (χ0n) is 9.73. The van der Waals surface area contributed by atoms with Crippen LogP contribution in [0.2, 0.25) is 0 Å². The van der Waals surface area contributed by atoms with Crippen molar-refractivity contribution in [3.63, 3.8) is 0 Å². The fraction of sp³-hybridized carbons (Fsp3) is 0.357. The Morgan fingerprint density at radius 1 is 1.41 bits per heavy atom. The van der Waals surface area contributed by atoms with Gasteiger partial charge in [0.15, 0.2) is 5.78 Å². The van der Waals surface area contributed by atoms with Crippen LogP contribution in [0.1, 0.15) is 44.4 Å². The Bertz CT molecular complexity index is 550. The van der Waals surface area contributed by atoms with E-state index in [1.807, 2.05) is 11.4 Å². The van der Waals surface area contributed by atoms with E-state index in [1.165, 1.54) is 15.3 Å². The molecule has 0 bridgehead atoms. The van der Waals surface area contributed by atoms with Gasteiger partial charge in [0.05, 0.1) is 0 Å². The van der Waals surface area contributed by atoms with Gasteiger partial charge in [0, 0.05) is 26.6 Å². The monoisotopic (exact) mass is 262 g/mol. The number of thiophene rings is 2. The molecule has 0 spiro atoms. The Hall–Kier alpha value is -0.930. The Balaban J connectivity index is 1.94. The molecular formula is C14H14OS2. The minimum Gasteiger partial charge on any atom is -0.293 e. The van der Waals surface area contributed by atoms with Gasteiger partial charge in [-0.15, -0.1) is 22.7 Å². The molecule has 1 atom stereocenters. The fourth-order valence-electron chi connectivity index (χ4n) is 2.53. The maximum Gasteiger partial charge on any atom is 0.171 e. The van der Waals surface area contributed by atoms with Crippen molar-refractivity contribution in [3.8, 4) is 0 Å². The molecule has 0 radical (unpaired) electrons. The van der Waals surface area contributed by atoms with Crippen LogP contribution in [0.5, 0.6) is 0 Å². The number of hydrogen-bond donors (Lipinski definition) is 0. The van der Waals surface area contributed by atoms with Crippen molar-refractivity contribution in [1.29, 1.82) is 0 Å². The van der Waals surface area contributed by atoms with E-state index < -0.39 is 0 Å². The van der Waals surface area contributed by atoms with Crippen LogP contribution in [0.3, 0.4) is 0 Å². The first-order valence-corrected chi connectivity index (χ1v) is 7.67. The Morgan fingerprint density at radius 3 is 3.06 bits per heavy atom. The van der Waals surface area contributed by atoms with Crippen LogP contribution < -0.4 is 0 Å². The van der Waals surface area contributed by atoms with E-state index in [9.17, 15) is 4.79 Å². The SMILES string of the molecule is Cc1cc(C(=O)C2CCCc3sccc32)cs1. The lowest BCUT2D eigenvalue weighted by Gasteiger charge is -2.20. The summed E-state index contributed by atoms with van der Waals surface area (Å²) >= 11 is 3.46. The zero-order chi connectivity index (χ0) is 11.8. The first-order valence-electron chi connectivity index (χ1n) is 5.91. The van der Waals surface area contributed by atoms with E-state index in [0.717, 1.165) is 24.8 Å². The zero-order valence-corrected chi connectivity index (χ0v) is 11.4. The highest BCUT2D eigenvalue weighted by Gasteiger charge is 2.28. The molecule has 1 unspecified atom stereocenters. The summed E-state index contributed by atoms with van der Waals surface area (Å²) in [4.78, 5) is 15.1. The molecule has 0 aliphatic heterocycles. The summed E-state index contributed by atoms with van der Waals surface area (Å²) in [5.74, 6) is 0.424. The van der Waals surface area contributed by atoms with Gasteiger partial charge >= 0.3 is 0 Å². The maximum absolute atomic E-state index is 12.5. The summed E-state index contributed by atoms with van der Waals surface area (Å²) in [5.41, 5.74) is 2.19. The number of carbonyl (C=O) groups excluding carboxylic acids is 1. The van der Waals surface area contributed by atoms with Gasteiger partial charge < -0.3 is 0 Å². The van der Waals surface area contributed by atoms with Crippen LogP contribution in [-0.4, -0.2) is 5.78 Å². The first kappa shape index (κ1) is 11.2. The van der Waals surface area contributed by atoms with E-state index in [2.05, 4.69) is 18.4 Å². The molecule has 1 aliphatic carbocycles. The van der Waals surface area contributed by atoms with Gasteiger partial charge in [0.25, 0.3) is 0 Å². The third-order valence-electron chi connectivity index (χ3n) is 3.38. The molecule has 0 saturated carbocycles. The topological polar surface area (TPSA) is 17.1 Å². The Labute approximate surface area is 109 Å². The van der Waals surface area contributed by atoms with Gasteiger partial charge in [0.1, 0.15) is 0 Å². The molecule has 0 aromatic carbocycles. The van der Waals surface area contributed by atoms with Crippen molar-refractivity contribution >= 4 is 28.5 Å². The maximum atomic E-state index is 12.5. The van der Waals surface area contributed by atoms with Crippen molar-refractivity contribution in [2.24, 2.45) is 0 Å². The average Bonchev–Trinajstić information content (AvgIpc) is 2.95. The molecule has 0 amide bonds. The molecule has 1 aliphatic rings. The molecule has 17 heavy (non-hydrogen) atoms. The van der Waals surface area contributed by atoms with Crippen molar-refractivity contribution in [1.82, 2.24) is 0 Å². The smallest absolute Gasteiger partial charge is 0.171 e. The number of ketones is 1. The number of rotatable bonds is 2. The predicted molar refractivity (Wildman–Crippen MR) is 73.4 cm³/mol. The summed E-state index contributed by atoms with van der Waals surface area (Å²) in [5, 5.41) is 4.12. The molecule has 3 heteroatoms. The van der Waals surface area contributed by atoms with Crippen LogP contribution in [-0.2, 0) is 6.42 Å². The number of Topliss-reactive ketones (excluding diaryl/α,β-unsaturated/α-hetero) is 1. The fourth-order valence-corrected chi connectivity index (χ4v) is 4.21. The summed E-state index contributed by atoms with van der Waals surface area (Å²) in [6.45, 7) is 2.05. The standard InChI is InChI=1S/C14H14OS2/c1-9-7-10(8-17-9)14(15)12-3-2-4-13-11(12)5-6-16-13/h5-8,12H,2-4H2,1H3. The van der Waals surface area contributed by atoms with E-state index >= 15 is 0 Å². The van der Waals surface area contributed by atoms with Gasteiger partial charge in [0.2, 0.25) is 0 Å². The largest absolute Gasteiger partial charge is 0.293 e. The molecule has 2 aromatic heterocycles. The van der Waals surface area contributed by atoms with Gasteiger partial charge in [-0.3, -0.25) is 4.79 Å². The lowest BCUT2D eigenvalue weighted by molar-refractivity contribution is 0.0952. The Kier molecular flexibility index (Phi) is 2.89. The second-order valence-corrected chi connectivity index (χ2v) is 6.67. The summed E-state index contributed by atoms with van der Waals surface area (Å²) in [7, 11) is 0. The van der Waals surface area contributed by atoms with Crippen molar-refractivity contribution in [3.05, 3.63) is 43.8 Å². The highest BCUT2D eigenvalue weighted by atomic mass is 32.1. The highest BCUT2D eigenvalue weighted by molar-refractivity contribution is 7.10. The van der Waals surface area contributed by atoms with Crippen molar-refractivity contribution in [2.45, 2.75) is 32.1 Å². The van der Waals surface area contributed by atoms with Gasteiger partial charge in [-0.1, -0.05) is 0 Å². The number of hydrogen-bond acceptors (Lipinski definition) is 3. The highest BCUT2D eigenvalue weighted by Crippen LogP contribution is 2.37. The van der Waals surface area contributed by atoms with E-state index in [-0.39, 0.29) is 5.92 Å². The normalized spacial score (nSPS) is 19.0. The summed E-state index contributed by atoms with van der Waals surface area (Å²) < 4.78 is 0. The molecule has 1 nitrogen and oxygen atoms in total. The summed E-state index contributed by atoms with van der Waals surface area (Å²) in [6.07, 6.45) is 3.31. The minimum absolute atomic E-state index is 0.110. The molecule has 2 heterocycles. The van der Waals surface area contributed by atoms with Crippen LogP contribution in [0.15, 0.2) is 22.9 Å². The van der Waals surface area contributed by atoms with Crippen LogP contribution in [0.25, 0.3) is 0 Å². The molecule has 0 N–H and O–H groups in total. The molecule has 2 aromatic rings. The first-order chi connectivity index (χ1) is 8.25. The van der Waals surface area contributed by atoms with Crippen molar-refractivity contribution < 1.29 is 4.79 Å². The average molecular weight is 262 g/mol. The van der Waals surface area contributed by atoms with Crippen LogP contribution >= 0.6 is 22.7 Å².